The lowest BCUT2D eigenvalue weighted by Crippen LogP contribution is -2.49. The summed E-state index contributed by atoms with van der Waals surface area (Å²) >= 11 is 0. The van der Waals surface area contributed by atoms with Crippen molar-refractivity contribution in [1.82, 2.24) is 14.9 Å². The molecule has 0 N–H and O–H groups in total. The van der Waals surface area contributed by atoms with Crippen LogP contribution < -0.4 is 4.90 Å². The fourth-order valence-corrected chi connectivity index (χ4v) is 3.60. The molecule has 4 rings (SSSR count). The van der Waals surface area contributed by atoms with Crippen LogP contribution in [-0.4, -0.2) is 47.0 Å². The van der Waals surface area contributed by atoms with E-state index < -0.39 is 0 Å². The Morgan fingerprint density at radius 3 is 2.24 bits per heavy atom. The normalized spacial score (nSPS) is 14.2. The lowest BCUT2D eigenvalue weighted by atomic mass is 10.1. The zero-order chi connectivity index (χ0) is 20.4. The van der Waals surface area contributed by atoms with E-state index in [-0.39, 0.29) is 5.91 Å². The van der Waals surface area contributed by atoms with Crippen molar-refractivity contribution in [1.29, 1.82) is 0 Å². The molecule has 1 amide bonds. The summed E-state index contributed by atoms with van der Waals surface area (Å²) < 4.78 is 0. The van der Waals surface area contributed by atoms with Gasteiger partial charge in [-0.2, -0.15) is 0 Å². The molecule has 2 aromatic carbocycles. The highest BCUT2D eigenvalue weighted by atomic mass is 16.2. The van der Waals surface area contributed by atoms with Gasteiger partial charge in [0.1, 0.15) is 12.1 Å². The molecule has 2 heterocycles. The van der Waals surface area contributed by atoms with Crippen molar-refractivity contribution in [3.8, 4) is 11.3 Å². The van der Waals surface area contributed by atoms with Gasteiger partial charge in [-0.25, -0.2) is 9.97 Å². The van der Waals surface area contributed by atoms with Crippen LogP contribution in [0.25, 0.3) is 11.3 Å². The predicted molar refractivity (Wildman–Crippen MR) is 116 cm³/mol. The van der Waals surface area contributed by atoms with Gasteiger partial charge in [-0.15, -0.1) is 0 Å². The van der Waals surface area contributed by atoms with Gasteiger partial charge in [-0.3, -0.25) is 4.79 Å². The first kappa shape index (κ1) is 19.1. The van der Waals surface area contributed by atoms with Crippen LogP contribution in [0.5, 0.6) is 0 Å². The van der Waals surface area contributed by atoms with Crippen molar-refractivity contribution in [2.45, 2.75) is 20.8 Å². The Morgan fingerprint density at radius 2 is 1.55 bits per heavy atom. The summed E-state index contributed by atoms with van der Waals surface area (Å²) in [5, 5.41) is 0. The van der Waals surface area contributed by atoms with E-state index in [0.717, 1.165) is 41.3 Å². The van der Waals surface area contributed by atoms with Crippen LogP contribution in [0.2, 0.25) is 0 Å². The largest absolute Gasteiger partial charge is 0.353 e. The average Bonchev–Trinajstić information content (AvgIpc) is 2.76. The number of carbonyl (C=O) groups excluding carboxylic acids is 1. The molecule has 1 aromatic heterocycles. The van der Waals surface area contributed by atoms with Crippen LogP contribution in [0.15, 0.2) is 54.9 Å². The molecule has 1 fully saturated rings. The SMILES string of the molecule is Cc1ccc(-c2cc(N3CCN(C(=O)c4ccc(C)c(C)c4)CC3)ncn2)cc1. The molecule has 0 radical (unpaired) electrons. The van der Waals surface area contributed by atoms with Gasteiger partial charge >= 0.3 is 0 Å². The molecule has 29 heavy (non-hydrogen) atoms. The van der Waals surface area contributed by atoms with Crippen LogP contribution in [-0.2, 0) is 0 Å². The quantitative estimate of drug-likeness (QED) is 0.682. The van der Waals surface area contributed by atoms with Gasteiger partial charge < -0.3 is 9.80 Å². The summed E-state index contributed by atoms with van der Waals surface area (Å²) in [5.74, 6) is 1.02. The van der Waals surface area contributed by atoms with Gasteiger partial charge in [0.25, 0.3) is 5.91 Å². The third kappa shape index (κ3) is 4.14. The highest BCUT2D eigenvalue weighted by Gasteiger charge is 2.23. The molecule has 0 aliphatic carbocycles. The summed E-state index contributed by atoms with van der Waals surface area (Å²) in [7, 11) is 0. The number of anilines is 1. The molecule has 1 saturated heterocycles. The topological polar surface area (TPSA) is 49.3 Å². The van der Waals surface area contributed by atoms with E-state index in [1.54, 1.807) is 6.33 Å². The number of amides is 1. The number of nitrogens with zero attached hydrogens (tertiary/aromatic N) is 4. The van der Waals surface area contributed by atoms with Crippen molar-refractivity contribution >= 4 is 11.7 Å². The first-order valence-electron chi connectivity index (χ1n) is 10.0. The van der Waals surface area contributed by atoms with Gasteiger partial charge in [0.05, 0.1) is 5.69 Å². The van der Waals surface area contributed by atoms with E-state index >= 15 is 0 Å². The fourth-order valence-electron chi connectivity index (χ4n) is 3.60. The molecule has 0 unspecified atom stereocenters. The molecule has 0 atom stereocenters. The smallest absolute Gasteiger partial charge is 0.253 e. The summed E-state index contributed by atoms with van der Waals surface area (Å²) in [6.07, 6.45) is 1.62. The van der Waals surface area contributed by atoms with Crippen molar-refractivity contribution in [3.63, 3.8) is 0 Å². The predicted octanol–water partition coefficient (Wildman–Crippen LogP) is 4.03. The van der Waals surface area contributed by atoms with Gasteiger partial charge in [-0.1, -0.05) is 35.9 Å². The number of carbonyl (C=O) groups is 1. The molecule has 0 saturated carbocycles. The van der Waals surface area contributed by atoms with Crippen LogP contribution in [0.1, 0.15) is 27.0 Å². The maximum absolute atomic E-state index is 12.9. The molecular weight excluding hydrogens is 360 g/mol. The number of benzene rings is 2. The van der Waals surface area contributed by atoms with Gasteiger partial charge in [0.2, 0.25) is 0 Å². The zero-order valence-electron chi connectivity index (χ0n) is 17.2. The van der Waals surface area contributed by atoms with Crippen LogP contribution in [0.4, 0.5) is 5.82 Å². The number of hydrogen-bond acceptors (Lipinski definition) is 4. The van der Waals surface area contributed by atoms with Crippen molar-refractivity contribution in [2.24, 2.45) is 0 Å². The van der Waals surface area contributed by atoms with Gasteiger partial charge in [-0.05, 0) is 44.0 Å². The van der Waals surface area contributed by atoms with Gasteiger partial charge in [0.15, 0.2) is 0 Å². The molecule has 0 bridgehead atoms. The monoisotopic (exact) mass is 386 g/mol. The highest BCUT2D eigenvalue weighted by molar-refractivity contribution is 5.94. The van der Waals surface area contributed by atoms with E-state index in [1.165, 1.54) is 11.1 Å². The van der Waals surface area contributed by atoms with Crippen molar-refractivity contribution < 1.29 is 4.79 Å². The Kier molecular flexibility index (Phi) is 5.30. The second kappa shape index (κ2) is 8.03. The van der Waals surface area contributed by atoms with Crippen LogP contribution in [0.3, 0.4) is 0 Å². The third-order valence-electron chi connectivity index (χ3n) is 5.64. The number of aromatic nitrogens is 2. The number of piperazine rings is 1. The lowest BCUT2D eigenvalue weighted by Gasteiger charge is -2.35. The Bertz CT molecular complexity index is 1020. The maximum Gasteiger partial charge on any atom is 0.253 e. The number of hydrogen-bond donors (Lipinski definition) is 0. The van der Waals surface area contributed by atoms with E-state index in [2.05, 4.69) is 53.0 Å². The fraction of sp³-hybridized carbons (Fsp3) is 0.292. The van der Waals surface area contributed by atoms with E-state index in [4.69, 9.17) is 0 Å². The van der Waals surface area contributed by atoms with Crippen LogP contribution in [0, 0.1) is 20.8 Å². The Balaban J connectivity index is 1.44. The summed E-state index contributed by atoms with van der Waals surface area (Å²) in [6, 6.07) is 16.3. The molecule has 1 aliphatic heterocycles. The van der Waals surface area contributed by atoms with E-state index in [0.29, 0.717) is 13.1 Å². The molecule has 148 valence electrons. The molecule has 3 aromatic rings. The Morgan fingerprint density at radius 1 is 0.828 bits per heavy atom. The Hall–Kier alpha value is -3.21. The molecule has 0 spiro atoms. The average molecular weight is 386 g/mol. The summed E-state index contributed by atoms with van der Waals surface area (Å²) in [5.41, 5.74) is 6.36. The minimum Gasteiger partial charge on any atom is -0.353 e. The summed E-state index contributed by atoms with van der Waals surface area (Å²) in [6.45, 7) is 9.10. The molecule has 5 nitrogen and oxygen atoms in total. The second-order valence-electron chi connectivity index (χ2n) is 7.71. The highest BCUT2D eigenvalue weighted by Crippen LogP contribution is 2.22. The minimum atomic E-state index is 0.107. The zero-order valence-corrected chi connectivity index (χ0v) is 17.2. The molecule has 5 heteroatoms. The molecule has 1 aliphatic rings. The van der Waals surface area contributed by atoms with E-state index in [1.807, 2.05) is 36.1 Å². The molecular formula is C24H26N4O. The summed E-state index contributed by atoms with van der Waals surface area (Å²) in [4.78, 5) is 25.9. The maximum atomic E-state index is 12.9. The van der Waals surface area contributed by atoms with Crippen LogP contribution >= 0.6 is 0 Å². The number of aryl methyl sites for hydroxylation is 3. The van der Waals surface area contributed by atoms with Crippen molar-refractivity contribution in [2.75, 3.05) is 31.1 Å². The first-order valence-corrected chi connectivity index (χ1v) is 10.0. The third-order valence-corrected chi connectivity index (χ3v) is 5.64. The number of rotatable bonds is 3. The van der Waals surface area contributed by atoms with Gasteiger partial charge in [0, 0.05) is 43.4 Å². The second-order valence-corrected chi connectivity index (χ2v) is 7.71. The van der Waals surface area contributed by atoms with Crippen molar-refractivity contribution in [3.05, 3.63) is 77.1 Å². The Labute approximate surface area is 172 Å². The standard InChI is InChI=1S/C24H26N4O/c1-17-4-7-20(8-5-17)22-15-23(26-16-25-22)27-10-12-28(13-11-27)24(29)21-9-6-18(2)19(3)14-21/h4-9,14-16H,10-13H2,1-3H3. The van der Waals surface area contributed by atoms with E-state index in [9.17, 15) is 4.79 Å². The lowest BCUT2D eigenvalue weighted by molar-refractivity contribution is 0.0746. The first-order chi connectivity index (χ1) is 14.0. The minimum absolute atomic E-state index is 0.107.